The normalized spacial score (nSPS) is 12.8. The Bertz CT molecular complexity index is 586. The third-order valence-electron chi connectivity index (χ3n) is 2.73. The smallest absolute Gasteiger partial charge is 0.312 e. The molecule has 0 aromatic heterocycles. The van der Waals surface area contributed by atoms with E-state index < -0.39 is 14.8 Å². The van der Waals surface area contributed by atoms with Crippen molar-refractivity contribution in [2.24, 2.45) is 0 Å². The first-order valence-corrected chi connectivity index (χ1v) is 7.90. The summed E-state index contributed by atoms with van der Waals surface area (Å²) in [5.41, 5.74) is 0.319. The summed E-state index contributed by atoms with van der Waals surface area (Å²) in [6, 6.07) is 4.07. The highest BCUT2D eigenvalue weighted by Gasteiger charge is 2.17. The molecule has 0 aliphatic rings. The van der Waals surface area contributed by atoms with Gasteiger partial charge in [0.25, 0.3) is 0 Å². The van der Waals surface area contributed by atoms with Crippen molar-refractivity contribution in [3.63, 3.8) is 0 Å². The number of hydrogen-bond acceptors (Lipinski definition) is 6. The van der Waals surface area contributed by atoms with Gasteiger partial charge in [-0.3, -0.25) is 10.1 Å². The molecule has 0 spiro atoms. The number of benzene rings is 1. The second kappa shape index (κ2) is 6.56. The predicted octanol–water partition coefficient (Wildman–Crippen LogP) is 1.84. The molecule has 1 atom stereocenters. The van der Waals surface area contributed by atoms with Crippen molar-refractivity contribution in [1.29, 1.82) is 0 Å². The van der Waals surface area contributed by atoms with Crippen LogP contribution in [0.2, 0.25) is 0 Å². The zero-order valence-corrected chi connectivity index (χ0v) is 12.4. The monoisotopic (exact) mass is 302 g/mol. The molecule has 1 rings (SSSR count). The van der Waals surface area contributed by atoms with Crippen molar-refractivity contribution in [2.75, 3.05) is 23.9 Å². The maximum atomic E-state index is 11.5. The van der Waals surface area contributed by atoms with Crippen LogP contribution in [0.3, 0.4) is 0 Å². The molecule has 1 aromatic rings. The fourth-order valence-electron chi connectivity index (χ4n) is 1.75. The minimum atomic E-state index is -3.10. The second-order valence-electron chi connectivity index (χ2n) is 4.39. The van der Waals surface area contributed by atoms with Crippen LogP contribution in [0, 0.1) is 10.1 Å². The maximum absolute atomic E-state index is 11.5. The first-order valence-electron chi connectivity index (χ1n) is 6.08. The van der Waals surface area contributed by atoms with E-state index in [0.29, 0.717) is 5.69 Å². The standard InChI is InChI=1S/C12H18N2O5S/c1-4-20(17,18)8-9(2)13-10-5-6-12(19-3)11(7-10)14(15)16/h5-7,9,13H,4,8H2,1-3H3. The van der Waals surface area contributed by atoms with Gasteiger partial charge in [-0.2, -0.15) is 0 Å². The van der Waals surface area contributed by atoms with Gasteiger partial charge in [-0.05, 0) is 19.1 Å². The summed E-state index contributed by atoms with van der Waals surface area (Å²) in [5.74, 6) is 0.208. The number of nitro benzene ring substituents is 1. The first-order chi connectivity index (χ1) is 9.29. The van der Waals surface area contributed by atoms with E-state index in [2.05, 4.69) is 5.32 Å². The Labute approximate surface area is 118 Å². The van der Waals surface area contributed by atoms with E-state index in [9.17, 15) is 18.5 Å². The summed E-state index contributed by atoms with van der Waals surface area (Å²) in [6.07, 6.45) is 0. The number of nitrogens with zero attached hydrogens (tertiary/aromatic N) is 1. The van der Waals surface area contributed by atoms with Crippen LogP contribution in [0.5, 0.6) is 5.75 Å². The molecule has 0 heterocycles. The van der Waals surface area contributed by atoms with Crippen molar-refractivity contribution in [1.82, 2.24) is 0 Å². The predicted molar refractivity (Wildman–Crippen MR) is 77.1 cm³/mol. The van der Waals surface area contributed by atoms with E-state index >= 15 is 0 Å². The molecule has 0 radical (unpaired) electrons. The van der Waals surface area contributed by atoms with Gasteiger partial charge in [-0.1, -0.05) is 6.92 Å². The number of methoxy groups -OCH3 is 1. The van der Waals surface area contributed by atoms with Crippen molar-refractivity contribution >= 4 is 21.2 Å². The molecule has 0 bridgehead atoms. The molecule has 1 aromatic carbocycles. The molecule has 20 heavy (non-hydrogen) atoms. The van der Waals surface area contributed by atoms with Gasteiger partial charge in [0, 0.05) is 23.5 Å². The lowest BCUT2D eigenvalue weighted by atomic mass is 10.2. The van der Waals surface area contributed by atoms with Crippen LogP contribution < -0.4 is 10.1 Å². The molecule has 0 aliphatic heterocycles. The fourth-order valence-corrected chi connectivity index (χ4v) is 2.83. The van der Waals surface area contributed by atoms with E-state index in [1.807, 2.05) is 0 Å². The second-order valence-corrected chi connectivity index (χ2v) is 6.79. The quantitative estimate of drug-likeness (QED) is 0.609. The van der Waals surface area contributed by atoms with Crippen LogP contribution in [0.15, 0.2) is 18.2 Å². The highest BCUT2D eigenvalue weighted by atomic mass is 32.2. The van der Waals surface area contributed by atoms with E-state index in [1.54, 1.807) is 19.9 Å². The lowest BCUT2D eigenvalue weighted by Crippen LogP contribution is -2.26. The van der Waals surface area contributed by atoms with Gasteiger partial charge >= 0.3 is 5.69 Å². The molecule has 0 saturated carbocycles. The SMILES string of the molecule is CCS(=O)(=O)CC(C)Nc1ccc(OC)c([N+](=O)[O-])c1. The Balaban J connectivity index is 2.88. The lowest BCUT2D eigenvalue weighted by molar-refractivity contribution is -0.385. The molecule has 7 nitrogen and oxygen atoms in total. The topological polar surface area (TPSA) is 98.5 Å². The van der Waals surface area contributed by atoms with Crippen molar-refractivity contribution in [3.8, 4) is 5.75 Å². The molecule has 0 aliphatic carbocycles. The summed E-state index contributed by atoms with van der Waals surface area (Å²) in [7, 11) is -1.75. The molecular formula is C12H18N2O5S. The Morgan fingerprint density at radius 2 is 2.10 bits per heavy atom. The van der Waals surface area contributed by atoms with Gasteiger partial charge < -0.3 is 10.1 Å². The third-order valence-corrected chi connectivity index (χ3v) is 4.62. The van der Waals surface area contributed by atoms with Gasteiger partial charge in [0.2, 0.25) is 0 Å². The number of nitrogens with one attached hydrogen (secondary N) is 1. The zero-order valence-electron chi connectivity index (χ0n) is 11.6. The van der Waals surface area contributed by atoms with E-state index in [-0.39, 0.29) is 29.0 Å². The molecule has 8 heteroatoms. The summed E-state index contributed by atoms with van der Waals surface area (Å²) in [5, 5.41) is 13.8. The van der Waals surface area contributed by atoms with Crippen molar-refractivity contribution < 1.29 is 18.1 Å². The number of rotatable bonds is 7. The Kier molecular flexibility index (Phi) is 5.32. The number of hydrogen-bond donors (Lipinski definition) is 1. The van der Waals surface area contributed by atoms with Gasteiger partial charge in [-0.25, -0.2) is 8.42 Å². The summed E-state index contributed by atoms with van der Waals surface area (Å²) >= 11 is 0. The Hall–Kier alpha value is -1.83. The lowest BCUT2D eigenvalue weighted by Gasteiger charge is -2.15. The number of anilines is 1. The third kappa shape index (κ3) is 4.37. The van der Waals surface area contributed by atoms with Gasteiger partial charge in [-0.15, -0.1) is 0 Å². The van der Waals surface area contributed by atoms with E-state index in [1.165, 1.54) is 19.2 Å². The molecule has 1 N–H and O–H groups in total. The summed E-state index contributed by atoms with van der Waals surface area (Å²) in [4.78, 5) is 10.4. The van der Waals surface area contributed by atoms with Gasteiger partial charge in [0.05, 0.1) is 17.8 Å². The van der Waals surface area contributed by atoms with Gasteiger partial charge in [0.15, 0.2) is 15.6 Å². The Morgan fingerprint density at radius 1 is 1.45 bits per heavy atom. The number of sulfone groups is 1. The number of ether oxygens (including phenoxy) is 1. The number of nitro groups is 1. The molecule has 0 saturated heterocycles. The van der Waals surface area contributed by atoms with E-state index in [4.69, 9.17) is 4.74 Å². The van der Waals surface area contributed by atoms with Crippen LogP contribution in [-0.4, -0.2) is 38.0 Å². The minimum Gasteiger partial charge on any atom is -0.490 e. The van der Waals surface area contributed by atoms with Crippen LogP contribution >= 0.6 is 0 Å². The first kappa shape index (κ1) is 16.2. The van der Waals surface area contributed by atoms with Gasteiger partial charge in [0.1, 0.15) is 0 Å². The zero-order chi connectivity index (χ0) is 15.3. The molecule has 0 fully saturated rings. The highest BCUT2D eigenvalue weighted by Crippen LogP contribution is 2.29. The molecular weight excluding hydrogens is 284 g/mol. The summed E-state index contributed by atoms with van der Waals surface area (Å²) < 4.78 is 27.9. The molecule has 112 valence electrons. The Morgan fingerprint density at radius 3 is 2.60 bits per heavy atom. The molecule has 1 unspecified atom stereocenters. The van der Waals surface area contributed by atoms with Crippen LogP contribution in [0.25, 0.3) is 0 Å². The van der Waals surface area contributed by atoms with Crippen molar-refractivity contribution in [2.45, 2.75) is 19.9 Å². The fraction of sp³-hybridized carbons (Fsp3) is 0.500. The minimum absolute atomic E-state index is 0.0245. The summed E-state index contributed by atoms with van der Waals surface area (Å²) in [6.45, 7) is 3.30. The van der Waals surface area contributed by atoms with Crippen LogP contribution in [0.1, 0.15) is 13.8 Å². The largest absolute Gasteiger partial charge is 0.490 e. The molecule has 0 amide bonds. The van der Waals surface area contributed by atoms with Crippen molar-refractivity contribution in [3.05, 3.63) is 28.3 Å². The average Bonchev–Trinajstić information content (AvgIpc) is 2.37. The maximum Gasteiger partial charge on any atom is 0.312 e. The van der Waals surface area contributed by atoms with Crippen LogP contribution in [-0.2, 0) is 9.84 Å². The highest BCUT2D eigenvalue weighted by molar-refractivity contribution is 7.91. The van der Waals surface area contributed by atoms with Crippen LogP contribution in [0.4, 0.5) is 11.4 Å². The average molecular weight is 302 g/mol. The van der Waals surface area contributed by atoms with E-state index in [0.717, 1.165) is 0 Å².